The fourth-order valence-electron chi connectivity index (χ4n) is 1.36. The van der Waals surface area contributed by atoms with E-state index in [-0.39, 0.29) is 6.54 Å². The average molecular weight is 345 g/mol. The van der Waals surface area contributed by atoms with Gasteiger partial charge in [0.15, 0.2) is 0 Å². The first-order valence-corrected chi connectivity index (χ1v) is 7.06. The largest absolute Gasteiger partial charge is 0.480 e. The van der Waals surface area contributed by atoms with E-state index in [9.17, 15) is 9.59 Å². The van der Waals surface area contributed by atoms with E-state index in [0.29, 0.717) is 13.0 Å². The van der Waals surface area contributed by atoms with Gasteiger partial charge in [-0.2, -0.15) is 0 Å². The summed E-state index contributed by atoms with van der Waals surface area (Å²) >= 11 is 4.95. The summed E-state index contributed by atoms with van der Waals surface area (Å²) in [6.45, 7) is 0.00967. The Balaban J connectivity index is 2.39. The van der Waals surface area contributed by atoms with Gasteiger partial charge in [0.2, 0.25) is 0 Å². The number of hydrogen-bond donors (Lipinski definition) is 2. The third kappa shape index (κ3) is 5.77. The van der Waals surface area contributed by atoms with Crippen molar-refractivity contribution in [1.82, 2.24) is 10.2 Å². The minimum atomic E-state index is -1.09. The third-order valence-corrected chi connectivity index (χ3v) is 3.86. The van der Waals surface area contributed by atoms with Crippen LogP contribution in [0.15, 0.2) is 15.9 Å². The first-order chi connectivity index (χ1) is 9.02. The molecule has 0 fully saturated rings. The Morgan fingerprint density at radius 2 is 2.26 bits per heavy atom. The van der Waals surface area contributed by atoms with Gasteiger partial charge in [0.05, 0.1) is 10.3 Å². The normalized spacial score (nSPS) is 9.68. The molecule has 1 heterocycles. The van der Waals surface area contributed by atoms with Crippen LogP contribution in [-0.2, 0) is 11.2 Å². The van der Waals surface area contributed by atoms with Gasteiger partial charge in [-0.05, 0) is 34.5 Å². The van der Waals surface area contributed by atoms with E-state index in [4.69, 9.17) is 11.5 Å². The lowest BCUT2D eigenvalue weighted by molar-refractivity contribution is -0.137. The predicted molar refractivity (Wildman–Crippen MR) is 77.2 cm³/mol. The molecule has 0 atom stereocenters. The molecule has 0 radical (unpaired) electrons. The number of rotatable bonds is 6. The van der Waals surface area contributed by atoms with Crippen molar-refractivity contribution in [3.05, 3.63) is 20.8 Å². The second kappa shape index (κ2) is 7.81. The monoisotopic (exact) mass is 344 g/mol. The van der Waals surface area contributed by atoms with Gasteiger partial charge in [0.1, 0.15) is 6.54 Å². The van der Waals surface area contributed by atoms with Gasteiger partial charge in [-0.15, -0.1) is 17.8 Å². The zero-order chi connectivity index (χ0) is 14.3. The van der Waals surface area contributed by atoms with Gasteiger partial charge in [0, 0.05) is 11.4 Å². The minimum absolute atomic E-state index is 0.0251. The lowest BCUT2D eigenvalue weighted by Crippen LogP contribution is -2.43. The van der Waals surface area contributed by atoms with Crippen molar-refractivity contribution in [2.24, 2.45) is 0 Å². The van der Waals surface area contributed by atoms with Crippen LogP contribution in [0, 0.1) is 12.3 Å². The molecular formula is C12H13BrN2O3S. The second-order valence-corrected chi connectivity index (χ2v) is 6.19. The molecule has 2 N–H and O–H groups in total. The van der Waals surface area contributed by atoms with Crippen molar-refractivity contribution in [3.8, 4) is 12.3 Å². The number of aliphatic carboxylic acids is 1. The maximum Gasteiger partial charge on any atom is 0.323 e. The third-order valence-electron chi connectivity index (χ3n) is 2.17. The Bertz CT molecular complexity index is 495. The number of carbonyl (C=O) groups is 2. The van der Waals surface area contributed by atoms with Crippen LogP contribution in [-0.4, -0.2) is 41.6 Å². The summed E-state index contributed by atoms with van der Waals surface area (Å²) in [5, 5.41) is 11.3. The van der Waals surface area contributed by atoms with Crippen molar-refractivity contribution in [1.29, 1.82) is 0 Å². The zero-order valence-corrected chi connectivity index (χ0v) is 12.5. The van der Waals surface area contributed by atoms with Crippen molar-refractivity contribution in [2.75, 3.05) is 19.6 Å². The number of carboxylic acid groups (broad SMARTS) is 1. The van der Waals surface area contributed by atoms with Gasteiger partial charge < -0.3 is 15.3 Å². The van der Waals surface area contributed by atoms with E-state index in [1.807, 2.05) is 12.1 Å². The molecular weight excluding hydrogens is 332 g/mol. The lowest BCUT2D eigenvalue weighted by atomic mass is 10.3. The molecule has 5 nitrogen and oxygen atoms in total. The topological polar surface area (TPSA) is 69.6 Å². The van der Waals surface area contributed by atoms with Crippen LogP contribution >= 0.6 is 27.3 Å². The SMILES string of the molecule is C#CCN(CC(=O)O)C(=O)NCCc1ccc(Br)s1. The molecule has 0 aliphatic heterocycles. The lowest BCUT2D eigenvalue weighted by Gasteiger charge is -2.18. The summed E-state index contributed by atoms with van der Waals surface area (Å²) in [7, 11) is 0. The second-order valence-electron chi connectivity index (χ2n) is 3.64. The highest BCUT2D eigenvalue weighted by atomic mass is 79.9. The highest BCUT2D eigenvalue weighted by molar-refractivity contribution is 9.11. The van der Waals surface area contributed by atoms with Gasteiger partial charge in [0.25, 0.3) is 0 Å². The Labute approximate surface area is 123 Å². The van der Waals surface area contributed by atoms with Crippen LogP contribution in [0.2, 0.25) is 0 Å². The molecule has 1 rings (SSSR count). The first kappa shape index (κ1) is 15.5. The summed E-state index contributed by atoms with van der Waals surface area (Å²) in [5.41, 5.74) is 0. The van der Waals surface area contributed by atoms with Gasteiger partial charge in [-0.25, -0.2) is 4.79 Å². The zero-order valence-electron chi connectivity index (χ0n) is 10.1. The number of amides is 2. The molecule has 2 amide bonds. The maximum atomic E-state index is 11.7. The van der Waals surface area contributed by atoms with Crippen molar-refractivity contribution in [3.63, 3.8) is 0 Å². The first-order valence-electron chi connectivity index (χ1n) is 5.45. The molecule has 0 saturated carbocycles. The summed E-state index contributed by atoms with van der Waals surface area (Å²) in [4.78, 5) is 24.5. The van der Waals surface area contributed by atoms with Crippen molar-refractivity contribution < 1.29 is 14.7 Å². The van der Waals surface area contributed by atoms with E-state index in [2.05, 4.69) is 27.2 Å². The molecule has 0 spiro atoms. The Kier molecular flexibility index (Phi) is 6.39. The van der Waals surface area contributed by atoms with E-state index < -0.39 is 18.5 Å². The van der Waals surface area contributed by atoms with Crippen LogP contribution in [0.5, 0.6) is 0 Å². The standard InChI is InChI=1S/C12H13BrN2O3S/c1-2-7-15(8-11(16)17)12(18)14-6-5-9-3-4-10(13)19-9/h1,3-4H,5-8H2,(H,14,18)(H,16,17). The molecule has 0 aromatic carbocycles. The number of nitrogens with zero attached hydrogens (tertiary/aromatic N) is 1. The molecule has 0 saturated heterocycles. The molecule has 0 unspecified atom stereocenters. The number of urea groups is 1. The number of hydrogen-bond acceptors (Lipinski definition) is 3. The van der Waals surface area contributed by atoms with E-state index in [1.54, 1.807) is 11.3 Å². The van der Waals surface area contributed by atoms with Crippen molar-refractivity contribution >= 4 is 39.3 Å². The summed E-state index contributed by atoms with van der Waals surface area (Å²) < 4.78 is 1.04. The van der Waals surface area contributed by atoms with E-state index >= 15 is 0 Å². The van der Waals surface area contributed by atoms with Crippen LogP contribution in [0.3, 0.4) is 0 Å². The van der Waals surface area contributed by atoms with E-state index in [1.165, 1.54) is 0 Å². The molecule has 19 heavy (non-hydrogen) atoms. The molecule has 0 aliphatic rings. The van der Waals surface area contributed by atoms with Crippen LogP contribution in [0.1, 0.15) is 4.88 Å². The molecule has 7 heteroatoms. The van der Waals surface area contributed by atoms with Crippen molar-refractivity contribution in [2.45, 2.75) is 6.42 Å². The quantitative estimate of drug-likeness (QED) is 0.773. The average Bonchev–Trinajstić information content (AvgIpc) is 2.74. The van der Waals surface area contributed by atoms with Crippen LogP contribution in [0.4, 0.5) is 4.79 Å². The maximum absolute atomic E-state index is 11.7. The molecule has 0 bridgehead atoms. The van der Waals surface area contributed by atoms with Gasteiger partial charge in [-0.1, -0.05) is 5.92 Å². The molecule has 1 aromatic rings. The fourth-order valence-corrected chi connectivity index (χ4v) is 2.85. The predicted octanol–water partition coefficient (Wildman–Crippen LogP) is 1.78. The van der Waals surface area contributed by atoms with Gasteiger partial charge >= 0.3 is 12.0 Å². The van der Waals surface area contributed by atoms with E-state index in [0.717, 1.165) is 13.6 Å². The number of thiophene rings is 1. The summed E-state index contributed by atoms with van der Waals surface area (Å²) in [6.07, 6.45) is 5.79. The van der Waals surface area contributed by atoms with Crippen LogP contribution in [0.25, 0.3) is 0 Å². The highest BCUT2D eigenvalue weighted by Gasteiger charge is 2.14. The summed E-state index contributed by atoms with van der Waals surface area (Å²) in [6, 6.07) is 3.45. The number of nitrogens with one attached hydrogen (secondary N) is 1. The Hall–Kier alpha value is -1.52. The fraction of sp³-hybridized carbons (Fsp3) is 0.333. The highest BCUT2D eigenvalue weighted by Crippen LogP contribution is 2.21. The molecule has 102 valence electrons. The van der Waals surface area contributed by atoms with Crippen LogP contribution < -0.4 is 5.32 Å². The summed E-state index contributed by atoms with van der Waals surface area (Å²) in [5.74, 6) is 1.17. The molecule has 0 aliphatic carbocycles. The number of terminal acetylenes is 1. The number of carboxylic acids is 1. The Morgan fingerprint density at radius 3 is 2.79 bits per heavy atom. The smallest absolute Gasteiger partial charge is 0.323 e. The minimum Gasteiger partial charge on any atom is -0.480 e. The van der Waals surface area contributed by atoms with Gasteiger partial charge in [-0.3, -0.25) is 4.79 Å². The number of carbonyl (C=O) groups excluding carboxylic acids is 1. The number of halogens is 1. The Morgan fingerprint density at radius 1 is 1.53 bits per heavy atom. The molecule has 1 aromatic heterocycles.